The van der Waals surface area contributed by atoms with Crippen molar-refractivity contribution in [3.05, 3.63) is 62.9 Å². The van der Waals surface area contributed by atoms with Gasteiger partial charge in [-0.15, -0.1) is 0 Å². The number of fused-ring (bicyclic) bond motifs is 1. The van der Waals surface area contributed by atoms with Crippen LogP contribution in [0.2, 0.25) is 0 Å². The Kier molecular flexibility index (Phi) is 4.00. The van der Waals surface area contributed by atoms with E-state index < -0.39 is 0 Å². The molecule has 2 nitrogen and oxygen atoms in total. The number of hydrogen-bond acceptors (Lipinski definition) is 2. The van der Waals surface area contributed by atoms with E-state index in [-0.39, 0.29) is 11.6 Å². The fourth-order valence-electron chi connectivity index (χ4n) is 2.86. The van der Waals surface area contributed by atoms with Crippen LogP contribution in [0.1, 0.15) is 22.3 Å². The van der Waals surface area contributed by atoms with E-state index in [1.165, 1.54) is 17.2 Å². The lowest BCUT2D eigenvalue weighted by atomic mass is 9.98. The highest BCUT2D eigenvalue weighted by atomic mass is 79.9. The molecular formula is C17H17BrFNO. The summed E-state index contributed by atoms with van der Waals surface area (Å²) in [5.74, 6) is -0.287. The zero-order chi connectivity index (χ0) is 15.0. The van der Waals surface area contributed by atoms with Crippen molar-refractivity contribution in [1.82, 2.24) is 4.90 Å². The molecule has 1 N–H and O–H groups in total. The summed E-state index contributed by atoms with van der Waals surface area (Å²) >= 11 is 3.51. The van der Waals surface area contributed by atoms with E-state index in [4.69, 9.17) is 0 Å². The summed E-state index contributed by atoms with van der Waals surface area (Å²) in [7, 11) is 0. The third-order valence-corrected chi connectivity index (χ3v) is 4.87. The van der Waals surface area contributed by atoms with Crippen molar-refractivity contribution in [2.45, 2.75) is 26.4 Å². The van der Waals surface area contributed by atoms with Crippen LogP contribution in [-0.4, -0.2) is 16.6 Å². The number of phenolic OH excluding ortho intramolecular Hbond substituents is 1. The maximum absolute atomic E-state index is 14.0. The Hall–Kier alpha value is -1.39. The lowest BCUT2D eigenvalue weighted by Crippen LogP contribution is -2.30. The van der Waals surface area contributed by atoms with Gasteiger partial charge in [-0.25, -0.2) is 4.39 Å². The quantitative estimate of drug-likeness (QED) is 0.879. The van der Waals surface area contributed by atoms with Crippen LogP contribution in [0.3, 0.4) is 0 Å². The van der Waals surface area contributed by atoms with Crippen molar-refractivity contribution >= 4 is 15.9 Å². The molecule has 0 aromatic heterocycles. The van der Waals surface area contributed by atoms with Gasteiger partial charge < -0.3 is 5.11 Å². The zero-order valence-electron chi connectivity index (χ0n) is 11.9. The van der Waals surface area contributed by atoms with E-state index in [2.05, 4.69) is 46.0 Å². The van der Waals surface area contributed by atoms with Gasteiger partial charge in [0.05, 0.1) is 0 Å². The summed E-state index contributed by atoms with van der Waals surface area (Å²) in [6.45, 7) is 4.36. The molecule has 0 bridgehead atoms. The van der Waals surface area contributed by atoms with Crippen LogP contribution in [0.25, 0.3) is 0 Å². The highest BCUT2D eigenvalue weighted by molar-refractivity contribution is 9.10. The largest absolute Gasteiger partial charge is 0.508 e. The van der Waals surface area contributed by atoms with Crippen molar-refractivity contribution in [2.24, 2.45) is 0 Å². The molecule has 0 saturated heterocycles. The van der Waals surface area contributed by atoms with Gasteiger partial charge in [-0.05, 0) is 42.2 Å². The van der Waals surface area contributed by atoms with E-state index in [0.29, 0.717) is 12.1 Å². The highest BCUT2D eigenvalue weighted by Crippen LogP contribution is 2.27. The molecule has 1 aliphatic heterocycles. The monoisotopic (exact) mass is 349 g/mol. The van der Waals surface area contributed by atoms with Crippen LogP contribution < -0.4 is 0 Å². The van der Waals surface area contributed by atoms with Gasteiger partial charge >= 0.3 is 0 Å². The standard InChI is InChI=1S/C17H17BrFNO/c1-11-6-12(2-3-16(11)18)9-20-5-4-13-7-14(21)8-17(19)15(13)10-20/h2-3,6-8,21H,4-5,9-10H2,1H3. The van der Waals surface area contributed by atoms with Gasteiger partial charge in [0, 0.05) is 35.7 Å². The summed E-state index contributed by atoms with van der Waals surface area (Å²) in [5, 5.41) is 9.47. The SMILES string of the molecule is Cc1cc(CN2CCc3cc(O)cc(F)c3C2)ccc1Br. The molecule has 1 heterocycles. The first-order valence-corrected chi connectivity index (χ1v) is 7.80. The third-order valence-electron chi connectivity index (χ3n) is 3.98. The number of aromatic hydroxyl groups is 1. The summed E-state index contributed by atoms with van der Waals surface area (Å²) < 4.78 is 15.1. The molecule has 4 heteroatoms. The highest BCUT2D eigenvalue weighted by Gasteiger charge is 2.20. The van der Waals surface area contributed by atoms with Crippen molar-refractivity contribution in [3.8, 4) is 5.75 Å². The van der Waals surface area contributed by atoms with E-state index in [1.807, 2.05) is 0 Å². The lowest BCUT2D eigenvalue weighted by Gasteiger charge is -2.29. The van der Waals surface area contributed by atoms with Crippen LogP contribution >= 0.6 is 15.9 Å². The lowest BCUT2D eigenvalue weighted by molar-refractivity contribution is 0.240. The minimum Gasteiger partial charge on any atom is -0.508 e. The summed E-state index contributed by atoms with van der Waals surface area (Å²) in [4.78, 5) is 2.24. The van der Waals surface area contributed by atoms with Gasteiger partial charge in [-0.2, -0.15) is 0 Å². The normalized spacial score (nSPS) is 15.0. The van der Waals surface area contributed by atoms with Crippen molar-refractivity contribution < 1.29 is 9.50 Å². The molecule has 0 aliphatic carbocycles. The first-order valence-electron chi connectivity index (χ1n) is 7.00. The molecule has 3 rings (SSSR count). The molecule has 2 aromatic rings. The molecule has 0 radical (unpaired) electrons. The second-order valence-electron chi connectivity index (χ2n) is 5.61. The minimum atomic E-state index is -0.304. The van der Waals surface area contributed by atoms with Gasteiger partial charge in [-0.1, -0.05) is 28.1 Å². The van der Waals surface area contributed by atoms with E-state index in [1.54, 1.807) is 6.07 Å². The summed E-state index contributed by atoms with van der Waals surface area (Å²) in [5.41, 5.74) is 4.09. The smallest absolute Gasteiger partial charge is 0.131 e. The second-order valence-corrected chi connectivity index (χ2v) is 6.46. The van der Waals surface area contributed by atoms with Crippen LogP contribution in [0.4, 0.5) is 4.39 Å². The average molecular weight is 350 g/mol. The topological polar surface area (TPSA) is 23.5 Å². The Morgan fingerprint density at radius 3 is 2.86 bits per heavy atom. The maximum Gasteiger partial charge on any atom is 0.131 e. The number of nitrogens with zero attached hydrogens (tertiary/aromatic N) is 1. The fraction of sp³-hybridized carbons (Fsp3) is 0.294. The van der Waals surface area contributed by atoms with Crippen LogP contribution in [0.5, 0.6) is 5.75 Å². The van der Waals surface area contributed by atoms with E-state index in [9.17, 15) is 9.50 Å². The second kappa shape index (κ2) is 5.78. The molecular weight excluding hydrogens is 333 g/mol. The van der Waals surface area contributed by atoms with E-state index >= 15 is 0 Å². The number of benzene rings is 2. The average Bonchev–Trinajstić information content (AvgIpc) is 2.43. The number of hydrogen-bond donors (Lipinski definition) is 1. The molecule has 1 aliphatic rings. The molecule has 0 fully saturated rings. The summed E-state index contributed by atoms with van der Waals surface area (Å²) in [6, 6.07) is 9.19. The van der Waals surface area contributed by atoms with Gasteiger partial charge in [-0.3, -0.25) is 4.90 Å². The summed E-state index contributed by atoms with van der Waals surface area (Å²) in [6.07, 6.45) is 0.774. The van der Waals surface area contributed by atoms with E-state index in [0.717, 1.165) is 29.5 Å². The molecule has 0 saturated carbocycles. The number of rotatable bonds is 2. The molecule has 0 unspecified atom stereocenters. The number of aryl methyl sites for hydroxylation is 1. The number of phenols is 1. The molecule has 2 aromatic carbocycles. The molecule has 0 atom stereocenters. The third kappa shape index (κ3) is 3.11. The Bertz CT molecular complexity index is 687. The molecule has 0 spiro atoms. The van der Waals surface area contributed by atoms with Crippen LogP contribution in [0.15, 0.2) is 34.8 Å². The Balaban J connectivity index is 1.78. The predicted octanol–water partition coefficient (Wildman–Crippen LogP) is 4.16. The molecule has 21 heavy (non-hydrogen) atoms. The fourth-order valence-corrected chi connectivity index (χ4v) is 3.10. The van der Waals surface area contributed by atoms with Crippen molar-refractivity contribution in [1.29, 1.82) is 0 Å². The first kappa shape index (κ1) is 14.5. The van der Waals surface area contributed by atoms with Gasteiger partial charge in [0.1, 0.15) is 11.6 Å². The maximum atomic E-state index is 14.0. The zero-order valence-corrected chi connectivity index (χ0v) is 13.5. The van der Waals surface area contributed by atoms with Gasteiger partial charge in [0.2, 0.25) is 0 Å². The Labute approximate surface area is 132 Å². The Morgan fingerprint density at radius 2 is 2.10 bits per heavy atom. The predicted molar refractivity (Wildman–Crippen MR) is 84.8 cm³/mol. The first-order chi connectivity index (χ1) is 10.0. The molecule has 0 amide bonds. The van der Waals surface area contributed by atoms with Crippen LogP contribution in [-0.2, 0) is 19.5 Å². The molecule has 110 valence electrons. The Morgan fingerprint density at radius 1 is 1.29 bits per heavy atom. The van der Waals surface area contributed by atoms with Crippen molar-refractivity contribution in [3.63, 3.8) is 0 Å². The minimum absolute atomic E-state index is 0.0169. The number of halogens is 2. The van der Waals surface area contributed by atoms with Crippen molar-refractivity contribution in [2.75, 3.05) is 6.54 Å². The van der Waals surface area contributed by atoms with Gasteiger partial charge in [0.25, 0.3) is 0 Å². The van der Waals surface area contributed by atoms with Crippen LogP contribution in [0, 0.1) is 12.7 Å². The van der Waals surface area contributed by atoms with Gasteiger partial charge in [0.15, 0.2) is 0 Å².